The number of fused-ring (bicyclic) bond motifs is 2. The van der Waals surface area contributed by atoms with Crippen molar-refractivity contribution >= 4 is 11.9 Å². The maximum Gasteiger partial charge on any atom is 0.309 e. The van der Waals surface area contributed by atoms with Crippen LogP contribution >= 0.6 is 0 Å². The van der Waals surface area contributed by atoms with E-state index in [2.05, 4.69) is 34.6 Å². The van der Waals surface area contributed by atoms with Crippen LogP contribution in [0.15, 0.2) is 0 Å². The average Bonchev–Trinajstić information content (AvgIpc) is 3.19. The van der Waals surface area contributed by atoms with Gasteiger partial charge in [-0.05, 0) is 76.0 Å². The Morgan fingerprint density at radius 2 is 1.68 bits per heavy atom. The van der Waals surface area contributed by atoms with Crippen molar-refractivity contribution in [1.82, 2.24) is 0 Å². The van der Waals surface area contributed by atoms with Crippen molar-refractivity contribution in [2.24, 2.45) is 35.5 Å². The third-order valence-electron chi connectivity index (χ3n) is 7.41. The molecular formula is C24H40O4. The largest absolute Gasteiger partial charge is 0.462 e. The fourth-order valence-electron chi connectivity index (χ4n) is 5.80. The lowest BCUT2D eigenvalue weighted by Crippen LogP contribution is -2.41. The number of hydrogen-bond acceptors (Lipinski definition) is 4. The summed E-state index contributed by atoms with van der Waals surface area (Å²) in [4.78, 5) is 25.8. The molecule has 0 amide bonds. The van der Waals surface area contributed by atoms with E-state index in [1.54, 1.807) is 0 Å². The third kappa shape index (κ3) is 4.91. The molecule has 3 aliphatic rings. The Kier molecular flexibility index (Phi) is 6.76. The van der Waals surface area contributed by atoms with Crippen LogP contribution in [-0.2, 0) is 19.1 Å². The molecule has 3 saturated carbocycles. The van der Waals surface area contributed by atoms with Gasteiger partial charge in [0.05, 0.1) is 11.8 Å². The van der Waals surface area contributed by atoms with Gasteiger partial charge < -0.3 is 9.47 Å². The second kappa shape index (κ2) is 8.75. The summed E-state index contributed by atoms with van der Waals surface area (Å²) in [6, 6.07) is 0. The minimum absolute atomic E-state index is 0.0414. The Bertz CT molecular complexity index is 561. The summed E-state index contributed by atoms with van der Waals surface area (Å²) in [6.45, 7) is 10.6. The molecule has 0 aromatic heterocycles. The molecule has 5 atom stereocenters. The van der Waals surface area contributed by atoms with E-state index >= 15 is 0 Å². The van der Waals surface area contributed by atoms with Crippen LogP contribution in [0.25, 0.3) is 0 Å². The standard InChI is InChI=1S/C24H40O4/c1-15(2)11-18(16(3)4)22(25)27-21-14-17-12-19(21)20(13-17)23(26)28-24(5)9-7-6-8-10-24/h15-21H,6-14H2,1-5H3. The third-order valence-corrected chi connectivity index (χ3v) is 7.41. The summed E-state index contributed by atoms with van der Waals surface area (Å²) >= 11 is 0. The van der Waals surface area contributed by atoms with Crippen molar-refractivity contribution in [2.75, 3.05) is 0 Å². The zero-order chi connectivity index (χ0) is 20.5. The summed E-state index contributed by atoms with van der Waals surface area (Å²) in [5.74, 6) is 1.17. The van der Waals surface area contributed by atoms with Crippen molar-refractivity contribution in [3.8, 4) is 0 Å². The maximum absolute atomic E-state index is 13.0. The van der Waals surface area contributed by atoms with Gasteiger partial charge in [0.15, 0.2) is 0 Å². The number of rotatable bonds is 7. The van der Waals surface area contributed by atoms with Crippen molar-refractivity contribution in [1.29, 1.82) is 0 Å². The molecular weight excluding hydrogens is 352 g/mol. The summed E-state index contributed by atoms with van der Waals surface area (Å²) in [5.41, 5.74) is -0.288. The first-order valence-electron chi connectivity index (χ1n) is 11.6. The molecule has 0 aliphatic heterocycles. The topological polar surface area (TPSA) is 52.6 Å². The molecule has 4 heteroatoms. The van der Waals surface area contributed by atoms with Gasteiger partial charge in [0.1, 0.15) is 11.7 Å². The number of carbonyl (C=O) groups is 2. The molecule has 0 saturated heterocycles. The lowest BCUT2D eigenvalue weighted by Gasteiger charge is -2.36. The van der Waals surface area contributed by atoms with E-state index in [-0.39, 0.29) is 47.3 Å². The van der Waals surface area contributed by atoms with E-state index in [0.717, 1.165) is 51.4 Å². The average molecular weight is 393 g/mol. The van der Waals surface area contributed by atoms with E-state index in [4.69, 9.17) is 9.47 Å². The van der Waals surface area contributed by atoms with Crippen LogP contribution in [-0.4, -0.2) is 23.6 Å². The Morgan fingerprint density at radius 3 is 2.25 bits per heavy atom. The zero-order valence-corrected chi connectivity index (χ0v) is 18.5. The predicted octanol–water partition coefficient (Wildman–Crippen LogP) is 5.53. The van der Waals surface area contributed by atoms with Gasteiger partial charge in [0.25, 0.3) is 0 Å². The van der Waals surface area contributed by atoms with Gasteiger partial charge in [-0.15, -0.1) is 0 Å². The van der Waals surface area contributed by atoms with Crippen molar-refractivity contribution in [2.45, 2.75) is 104 Å². The molecule has 28 heavy (non-hydrogen) atoms. The highest BCUT2D eigenvalue weighted by Crippen LogP contribution is 2.51. The quantitative estimate of drug-likeness (QED) is 0.535. The fourth-order valence-corrected chi connectivity index (χ4v) is 5.80. The predicted molar refractivity (Wildman–Crippen MR) is 110 cm³/mol. The molecule has 0 aromatic rings. The van der Waals surface area contributed by atoms with Gasteiger partial charge in [-0.25, -0.2) is 0 Å². The second-order valence-electron chi connectivity index (χ2n) is 10.7. The van der Waals surface area contributed by atoms with Crippen LogP contribution in [0.2, 0.25) is 0 Å². The molecule has 2 bridgehead atoms. The van der Waals surface area contributed by atoms with Crippen molar-refractivity contribution in [3.63, 3.8) is 0 Å². The first-order valence-corrected chi connectivity index (χ1v) is 11.6. The monoisotopic (exact) mass is 392 g/mol. The van der Waals surface area contributed by atoms with Gasteiger partial charge in [0.2, 0.25) is 0 Å². The molecule has 0 radical (unpaired) electrons. The van der Waals surface area contributed by atoms with Gasteiger partial charge in [0, 0.05) is 5.92 Å². The highest BCUT2D eigenvalue weighted by Gasteiger charge is 2.52. The molecule has 3 aliphatic carbocycles. The maximum atomic E-state index is 13.0. The van der Waals surface area contributed by atoms with E-state index in [9.17, 15) is 9.59 Å². The summed E-state index contributed by atoms with van der Waals surface area (Å²) in [6.07, 6.45) is 9.08. The Morgan fingerprint density at radius 1 is 1.00 bits per heavy atom. The van der Waals surface area contributed by atoms with Crippen LogP contribution < -0.4 is 0 Å². The molecule has 160 valence electrons. The normalized spacial score (nSPS) is 32.5. The SMILES string of the molecule is CC(C)CC(C(=O)OC1CC2CC(C(=O)OC3(C)CCCCC3)C1C2)C(C)C. The van der Waals surface area contributed by atoms with E-state index < -0.39 is 0 Å². The minimum atomic E-state index is -0.288. The number of esters is 2. The summed E-state index contributed by atoms with van der Waals surface area (Å²) in [5, 5.41) is 0. The van der Waals surface area contributed by atoms with E-state index in [0.29, 0.717) is 11.8 Å². The van der Waals surface area contributed by atoms with Crippen LogP contribution in [0.3, 0.4) is 0 Å². The van der Waals surface area contributed by atoms with Crippen molar-refractivity contribution in [3.05, 3.63) is 0 Å². The molecule has 0 N–H and O–H groups in total. The van der Waals surface area contributed by atoms with E-state index in [1.165, 1.54) is 6.42 Å². The molecule has 0 aromatic carbocycles. The highest BCUT2D eigenvalue weighted by molar-refractivity contribution is 5.75. The van der Waals surface area contributed by atoms with Gasteiger partial charge in [-0.2, -0.15) is 0 Å². The summed E-state index contributed by atoms with van der Waals surface area (Å²) < 4.78 is 12.0. The van der Waals surface area contributed by atoms with E-state index in [1.807, 2.05) is 0 Å². The molecule has 3 fully saturated rings. The molecule has 3 rings (SSSR count). The molecule has 5 unspecified atom stereocenters. The smallest absolute Gasteiger partial charge is 0.309 e. The lowest BCUT2D eigenvalue weighted by atomic mass is 9.84. The first-order chi connectivity index (χ1) is 13.2. The zero-order valence-electron chi connectivity index (χ0n) is 18.5. The van der Waals surface area contributed by atoms with Gasteiger partial charge >= 0.3 is 11.9 Å². The van der Waals surface area contributed by atoms with Crippen LogP contribution in [0.5, 0.6) is 0 Å². The van der Waals surface area contributed by atoms with Gasteiger partial charge in [-0.1, -0.05) is 34.1 Å². The number of carbonyl (C=O) groups excluding carboxylic acids is 2. The van der Waals surface area contributed by atoms with Crippen LogP contribution in [0, 0.1) is 35.5 Å². The van der Waals surface area contributed by atoms with Crippen molar-refractivity contribution < 1.29 is 19.1 Å². The Hall–Kier alpha value is -1.06. The molecule has 0 heterocycles. The van der Waals surface area contributed by atoms with Crippen LogP contribution in [0.1, 0.15) is 92.4 Å². The summed E-state index contributed by atoms with van der Waals surface area (Å²) in [7, 11) is 0. The number of ether oxygens (including phenoxy) is 2. The number of hydrogen-bond donors (Lipinski definition) is 0. The highest BCUT2D eigenvalue weighted by atomic mass is 16.6. The Balaban J connectivity index is 1.59. The Labute approximate surface area is 171 Å². The first kappa shape index (κ1) is 21.6. The molecule has 0 spiro atoms. The fraction of sp³-hybridized carbons (Fsp3) is 0.917. The lowest BCUT2D eigenvalue weighted by molar-refractivity contribution is -0.174. The minimum Gasteiger partial charge on any atom is -0.462 e. The van der Waals surface area contributed by atoms with Gasteiger partial charge in [-0.3, -0.25) is 9.59 Å². The molecule has 4 nitrogen and oxygen atoms in total. The van der Waals surface area contributed by atoms with Crippen LogP contribution in [0.4, 0.5) is 0 Å². The second-order valence-corrected chi connectivity index (χ2v) is 10.7.